The predicted octanol–water partition coefficient (Wildman–Crippen LogP) is 3.82. The largest absolute Gasteiger partial charge is 0.385 e. The number of rotatable bonds is 8. The molecule has 134 valence electrons. The van der Waals surface area contributed by atoms with E-state index in [1.807, 2.05) is 30.3 Å². The Balaban J connectivity index is 2.01. The minimum atomic E-state index is -0.190. The Morgan fingerprint density at radius 3 is 2.68 bits per heavy atom. The fraction of sp³-hybridized carbons (Fsp3) is 0.400. The van der Waals surface area contributed by atoms with Crippen LogP contribution < -0.4 is 10.6 Å². The van der Waals surface area contributed by atoms with E-state index in [0.717, 1.165) is 36.4 Å². The van der Waals surface area contributed by atoms with Crippen LogP contribution in [-0.2, 0) is 0 Å². The second kappa shape index (κ2) is 9.18. The summed E-state index contributed by atoms with van der Waals surface area (Å²) in [5.74, 6) is 0.152. The summed E-state index contributed by atoms with van der Waals surface area (Å²) in [6.07, 6.45) is 2.70. The van der Waals surface area contributed by atoms with Crippen LogP contribution in [0, 0.1) is 0 Å². The molecular formula is C20H28N4O. The molecule has 0 fully saturated rings. The van der Waals surface area contributed by atoms with Crippen LogP contribution in [0.15, 0.2) is 42.6 Å². The number of benzene rings is 1. The van der Waals surface area contributed by atoms with Gasteiger partial charge in [0.05, 0.1) is 0 Å². The molecule has 25 heavy (non-hydrogen) atoms. The summed E-state index contributed by atoms with van der Waals surface area (Å²) < 4.78 is 0. The maximum absolute atomic E-state index is 12.6. The van der Waals surface area contributed by atoms with Gasteiger partial charge in [0.25, 0.3) is 5.91 Å². The third-order valence-electron chi connectivity index (χ3n) is 3.93. The molecule has 0 saturated carbocycles. The first kappa shape index (κ1) is 18.9. The highest BCUT2D eigenvalue weighted by Crippen LogP contribution is 2.24. The Labute approximate surface area is 150 Å². The smallest absolute Gasteiger partial charge is 0.274 e. The van der Waals surface area contributed by atoms with Gasteiger partial charge in [-0.1, -0.05) is 32.0 Å². The molecule has 5 nitrogen and oxygen atoms in total. The Morgan fingerprint density at radius 1 is 1.20 bits per heavy atom. The van der Waals surface area contributed by atoms with Gasteiger partial charge >= 0.3 is 0 Å². The number of aromatic nitrogens is 1. The zero-order valence-electron chi connectivity index (χ0n) is 15.5. The summed E-state index contributed by atoms with van der Waals surface area (Å²) in [4.78, 5) is 18.9. The van der Waals surface area contributed by atoms with Crippen molar-refractivity contribution in [2.45, 2.75) is 26.2 Å². The van der Waals surface area contributed by atoms with Crippen molar-refractivity contribution < 1.29 is 4.79 Å². The summed E-state index contributed by atoms with van der Waals surface area (Å²) >= 11 is 0. The van der Waals surface area contributed by atoms with Crippen molar-refractivity contribution in [2.75, 3.05) is 37.8 Å². The number of para-hydroxylation sites is 1. The van der Waals surface area contributed by atoms with Crippen molar-refractivity contribution in [2.24, 2.45) is 0 Å². The maximum Gasteiger partial charge on any atom is 0.274 e. The highest BCUT2D eigenvalue weighted by molar-refractivity contribution is 6.03. The summed E-state index contributed by atoms with van der Waals surface area (Å²) in [7, 11) is 4.12. The number of carbonyl (C=O) groups excluding carboxylic acids is 1. The summed E-state index contributed by atoms with van der Waals surface area (Å²) in [5, 5.41) is 6.32. The highest BCUT2D eigenvalue weighted by Gasteiger charge is 2.12. The van der Waals surface area contributed by atoms with E-state index >= 15 is 0 Å². The van der Waals surface area contributed by atoms with Crippen molar-refractivity contribution >= 4 is 17.3 Å². The van der Waals surface area contributed by atoms with E-state index in [4.69, 9.17) is 0 Å². The summed E-state index contributed by atoms with van der Waals surface area (Å²) in [6.45, 7) is 6.11. The average molecular weight is 340 g/mol. The van der Waals surface area contributed by atoms with E-state index in [9.17, 15) is 4.79 Å². The van der Waals surface area contributed by atoms with E-state index in [2.05, 4.69) is 48.5 Å². The predicted molar refractivity (Wildman–Crippen MR) is 104 cm³/mol. The lowest BCUT2D eigenvalue weighted by molar-refractivity contribution is 0.102. The third-order valence-corrected chi connectivity index (χ3v) is 3.93. The molecule has 0 aliphatic heterocycles. The van der Waals surface area contributed by atoms with Gasteiger partial charge in [-0.05, 0) is 56.7 Å². The van der Waals surface area contributed by atoms with Crippen LogP contribution in [0.1, 0.15) is 42.2 Å². The zero-order chi connectivity index (χ0) is 18.2. The Bertz CT molecular complexity index is 698. The lowest BCUT2D eigenvalue weighted by atomic mass is 10.0. The molecule has 1 amide bonds. The second-order valence-electron chi connectivity index (χ2n) is 6.71. The number of anilines is 2. The fourth-order valence-electron chi connectivity index (χ4n) is 2.59. The first-order valence-corrected chi connectivity index (χ1v) is 8.72. The van der Waals surface area contributed by atoms with Gasteiger partial charge in [0.15, 0.2) is 0 Å². The van der Waals surface area contributed by atoms with Gasteiger partial charge in [-0.3, -0.25) is 9.78 Å². The lowest BCUT2D eigenvalue weighted by Crippen LogP contribution is -2.17. The van der Waals surface area contributed by atoms with Crippen molar-refractivity contribution in [3.8, 4) is 0 Å². The first-order valence-electron chi connectivity index (χ1n) is 8.72. The van der Waals surface area contributed by atoms with Crippen LogP contribution in [0.25, 0.3) is 0 Å². The monoisotopic (exact) mass is 340 g/mol. The highest BCUT2D eigenvalue weighted by atomic mass is 16.1. The van der Waals surface area contributed by atoms with Gasteiger partial charge in [-0.25, -0.2) is 0 Å². The molecular weight excluding hydrogens is 312 g/mol. The normalized spacial score (nSPS) is 11.0. The Hall–Kier alpha value is -2.40. The molecule has 0 saturated heterocycles. The number of hydrogen-bond donors (Lipinski definition) is 2. The van der Waals surface area contributed by atoms with Crippen molar-refractivity contribution in [3.05, 3.63) is 53.9 Å². The van der Waals surface area contributed by atoms with Gasteiger partial charge in [-0.2, -0.15) is 0 Å². The SMILES string of the molecule is CC(C)c1ccccc1NC(=O)c1cc(NCCCN(C)C)ccn1. The second-order valence-corrected chi connectivity index (χ2v) is 6.71. The number of hydrogen-bond acceptors (Lipinski definition) is 4. The molecule has 1 aromatic heterocycles. The van der Waals surface area contributed by atoms with Crippen LogP contribution in [0.5, 0.6) is 0 Å². The van der Waals surface area contributed by atoms with E-state index in [-0.39, 0.29) is 5.91 Å². The molecule has 0 bridgehead atoms. The Kier molecular flexibility index (Phi) is 6.95. The minimum Gasteiger partial charge on any atom is -0.385 e. The molecule has 0 spiro atoms. The quantitative estimate of drug-likeness (QED) is 0.717. The van der Waals surface area contributed by atoms with E-state index in [1.54, 1.807) is 12.3 Å². The number of pyridine rings is 1. The molecule has 2 N–H and O–H groups in total. The molecule has 0 aliphatic carbocycles. The number of nitrogens with one attached hydrogen (secondary N) is 2. The topological polar surface area (TPSA) is 57.3 Å². The molecule has 2 rings (SSSR count). The van der Waals surface area contributed by atoms with Gasteiger partial charge in [-0.15, -0.1) is 0 Å². The number of nitrogens with zero attached hydrogens (tertiary/aromatic N) is 2. The average Bonchev–Trinajstić information content (AvgIpc) is 2.59. The number of carbonyl (C=O) groups is 1. The summed E-state index contributed by atoms with van der Waals surface area (Å²) in [5.41, 5.74) is 3.29. The minimum absolute atomic E-state index is 0.190. The molecule has 1 aromatic carbocycles. The van der Waals surface area contributed by atoms with Crippen LogP contribution in [0.4, 0.5) is 11.4 Å². The molecule has 0 unspecified atom stereocenters. The Morgan fingerprint density at radius 2 is 1.96 bits per heavy atom. The number of amides is 1. The van der Waals surface area contributed by atoms with Gasteiger partial charge in [0.2, 0.25) is 0 Å². The van der Waals surface area contributed by atoms with E-state index in [0.29, 0.717) is 11.6 Å². The molecule has 5 heteroatoms. The molecule has 0 aliphatic rings. The van der Waals surface area contributed by atoms with Gasteiger partial charge < -0.3 is 15.5 Å². The fourth-order valence-corrected chi connectivity index (χ4v) is 2.59. The van der Waals surface area contributed by atoms with Crippen molar-refractivity contribution in [1.82, 2.24) is 9.88 Å². The maximum atomic E-state index is 12.6. The van der Waals surface area contributed by atoms with Crippen molar-refractivity contribution in [1.29, 1.82) is 0 Å². The van der Waals surface area contributed by atoms with Crippen LogP contribution in [0.3, 0.4) is 0 Å². The standard InChI is InChI=1S/C20H28N4O/c1-15(2)17-8-5-6-9-18(17)23-20(25)19-14-16(10-12-22-19)21-11-7-13-24(3)4/h5-6,8-10,12,14-15H,7,11,13H2,1-4H3,(H,21,22)(H,23,25). The van der Waals surface area contributed by atoms with Crippen LogP contribution >= 0.6 is 0 Å². The zero-order valence-corrected chi connectivity index (χ0v) is 15.5. The molecule has 0 atom stereocenters. The van der Waals surface area contributed by atoms with E-state index < -0.39 is 0 Å². The van der Waals surface area contributed by atoms with Gasteiger partial charge in [0, 0.05) is 24.1 Å². The molecule has 1 heterocycles. The molecule has 2 aromatic rings. The third kappa shape index (κ3) is 5.87. The van der Waals surface area contributed by atoms with Gasteiger partial charge in [0.1, 0.15) is 5.69 Å². The lowest BCUT2D eigenvalue weighted by Gasteiger charge is -2.14. The summed E-state index contributed by atoms with van der Waals surface area (Å²) in [6, 6.07) is 11.6. The van der Waals surface area contributed by atoms with Crippen molar-refractivity contribution in [3.63, 3.8) is 0 Å². The molecule has 0 radical (unpaired) electrons. The first-order chi connectivity index (χ1) is 12.0. The van der Waals surface area contributed by atoms with Crippen LogP contribution in [0.2, 0.25) is 0 Å². The van der Waals surface area contributed by atoms with E-state index in [1.165, 1.54) is 0 Å². The van der Waals surface area contributed by atoms with Crippen LogP contribution in [-0.4, -0.2) is 43.0 Å².